The molecule has 0 bridgehead atoms. The van der Waals surface area contributed by atoms with E-state index in [1.165, 1.54) is 0 Å². The Kier molecular flexibility index (Phi) is 5.52. The average molecular weight is 357 g/mol. The molecule has 2 unspecified atom stereocenters. The highest BCUT2D eigenvalue weighted by Gasteiger charge is 2.25. The Bertz CT molecular complexity index is 493. The van der Waals surface area contributed by atoms with Gasteiger partial charge in [0.1, 0.15) is 13.2 Å². The molecule has 0 saturated heterocycles. The van der Waals surface area contributed by atoms with E-state index >= 15 is 0 Å². The Morgan fingerprint density at radius 2 is 1.90 bits per heavy atom. The summed E-state index contributed by atoms with van der Waals surface area (Å²) in [5.74, 6) is 2.17. The lowest BCUT2D eigenvalue weighted by Crippen LogP contribution is -2.39. The number of fused-ring (bicyclic) bond motifs is 1. The molecule has 118 valence electrons. The number of hydrogen-bond donors (Lipinski definition) is 1. The van der Waals surface area contributed by atoms with Gasteiger partial charge in [-0.25, -0.2) is 0 Å². The first-order chi connectivity index (χ1) is 9.95. The smallest absolute Gasteiger partial charge is 0.175 e. The lowest BCUT2D eigenvalue weighted by Gasteiger charge is -2.35. The minimum absolute atomic E-state index is 0.162. The van der Waals surface area contributed by atoms with Crippen LogP contribution in [0.15, 0.2) is 16.6 Å². The summed E-state index contributed by atoms with van der Waals surface area (Å²) in [5.41, 5.74) is 7.20. The number of halogens is 1. The predicted octanol–water partition coefficient (Wildman–Crippen LogP) is 3.20. The third kappa shape index (κ3) is 3.52. The minimum atomic E-state index is 0.162. The molecule has 1 heterocycles. The summed E-state index contributed by atoms with van der Waals surface area (Å²) in [6.45, 7) is 8.45. The van der Waals surface area contributed by atoms with Crippen LogP contribution in [0.25, 0.3) is 0 Å². The second-order valence-corrected chi connectivity index (χ2v) is 6.78. The van der Waals surface area contributed by atoms with Crippen molar-refractivity contribution in [3.8, 4) is 11.5 Å². The average Bonchev–Trinajstić information content (AvgIpc) is 2.47. The molecule has 1 aromatic rings. The zero-order chi connectivity index (χ0) is 15.6. The first-order valence-electron chi connectivity index (χ1n) is 7.46. The van der Waals surface area contributed by atoms with Gasteiger partial charge < -0.3 is 15.2 Å². The van der Waals surface area contributed by atoms with Gasteiger partial charge in [-0.2, -0.15) is 0 Å². The number of benzene rings is 1. The molecule has 0 amide bonds. The largest absolute Gasteiger partial charge is 0.486 e. The summed E-state index contributed by atoms with van der Waals surface area (Å²) < 4.78 is 12.3. The standard InChI is InChI=1S/C16H25BrN2O2/c1-10(2)11(3)19(4)14(9-18)12-7-13(17)16-15(8-12)20-5-6-21-16/h7-8,10-11,14H,5-6,9,18H2,1-4H3. The van der Waals surface area contributed by atoms with Crippen LogP contribution >= 0.6 is 15.9 Å². The van der Waals surface area contributed by atoms with E-state index in [9.17, 15) is 0 Å². The molecule has 0 spiro atoms. The quantitative estimate of drug-likeness (QED) is 0.879. The van der Waals surface area contributed by atoms with Gasteiger partial charge in [-0.05, 0) is 53.5 Å². The lowest BCUT2D eigenvalue weighted by molar-refractivity contribution is 0.149. The molecule has 1 aliphatic rings. The van der Waals surface area contributed by atoms with Crippen molar-refractivity contribution in [2.45, 2.75) is 32.9 Å². The fraction of sp³-hybridized carbons (Fsp3) is 0.625. The van der Waals surface area contributed by atoms with Crippen molar-refractivity contribution in [3.63, 3.8) is 0 Å². The van der Waals surface area contributed by atoms with Gasteiger partial charge in [-0.15, -0.1) is 0 Å². The zero-order valence-corrected chi connectivity index (χ0v) is 14.8. The zero-order valence-electron chi connectivity index (χ0n) is 13.2. The molecule has 2 N–H and O–H groups in total. The predicted molar refractivity (Wildman–Crippen MR) is 89.0 cm³/mol. The normalized spacial score (nSPS) is 17.1. The minimum Gasteiger partial charge on any atom is -0.486 e. The van der Waals surface area contributed by atoms with E-state index in [1.807, 2.05) is 0 Å². The Balaban J connectivity index is 2.32. The molecule has 4 nitrogen and oxygen atoms in total. The number of nitrogens with zero attached hydrogens (tertiary/aromatic N) is 1. The van der Waals surface area contributed by atoms with Gasteiger partial charge in [0, 0.05) is 18.6 Å². The number of hydrogen-bond acceptors (Lipinski definition) is 4. The molecule has 0 radical (unpaired) electrons. The van der Waals surface area contributed by atoms with Crippen LogP contribution in [-0.4, -0.2) is 37.7 Å². The van der Waals surface area contributed by atoms with E-state index in [0.717, 1.165) is 21.5 Å². The van der Waals surface area contributed by atoms with Crippen LogP contribution in [0, 0.1) is 5.92 Å². The number of nitrogens with two attached hydrogens (primary N) is 1. The van der Waals surface area contributed by atoms with E-state index in [1.54, 1.807) is 0 Å². The van der Waals surface area contributed by atoms with Crippen LogP contribution in [0.5, 0.6) is 11.5 Å². The van der Waals surface area contributed by atoms with E-state index in [2.05, 4.69) is 60.8 Å². The summed E-state index contributed by atoms with van der Waals surface area (Å²) in [6, 6.07) is 4.76. The SMILES string of the molecule is CC(C)C(C)N(C)C(CN)c1cc(Br)c2c(c1)OCCO2. The fourth-order valence-electron chi connectivity index (χ4n) is 2.61. The third-order valence-electron chi connectivity index (χ3n) is 4.33. The van der Waals surface area contributed by atoms with Crippen LogP contribution in [0.4, 0.5) is 0 Å². The second kappa shape index (κ2) is 6.99. The Hall–Kier alpha value is -0.780. The fourth-order valence-corrected chi connectivity index (χ4v) is 3.19. The molecule has 1 aromatic carbocycles. The maximum absolute atomic E-state index is 6.04. The first kappa shape index (κ1) is 16.6. The van der Waals surface area contributed by atoms with Crippen molar-refractivity contribution in [3.05, 3.63) is 22.2 Å². The Morgan fingerprint density at radius 3 is 2.52 bits per heavy atom. The van der Waals surface area contributed by atoms with Gasteiger partial charge >= 0.3 is 0 Å². The summed E-state index contributed by atoms with van der Waals surface area (Å²) in [7, 11) is 2.13. The second-order valence-electron chi connectivity index (χ2n) is 5.93. The molecule has 5 heteroatoms. The maximum Gasteiger partial charge on any atom is 0.175 e. The number of ether oxygens (including phenoxy) is 2. The monoisotopic (exact) mass is 356 g/mol. The van der Waals surface area contributed by atoms with Crippen LogP contribution in [-0.2, 0) is 0 Å². The van der Waals surface area contributed by atoms with Crippen molar-refractivity contribution in [2.75, 3.05) is 26.8 Å². The van der Waals surface area contributed by atoms with Gasteiger partial charge in [-0.1, -0.05) is 13.8 Å². The summed E-state index contributed by atoms with van der Waals surface area (Å²) >= 11 is 3.58. The van der Waals surface area contributed by atoms with Crippen molar-refractivity contribution in [2.24, 2.45) is 11.7 Å². The third-order valence-corrected chi connectivity index (χ3v) is 4.92. The van der Waals surface area contributed by atoms with E-state index in [0.29, 0.717) is 31.7 Å². The van der Waals surface area contributed by atoms with Crippen molar-refractivity contribution >= 4 is 15.9 Å². The van der Waals surface area contributed by atoms with Crippen molar-refractivity contribution in [1.82, 2.24) is 4.90 Å². The van der Waals surface area contributed by atoms with Gasteiger partial charge in [0.2, 0.25) is 0 Å². The van der Waals surface area contributed by atoms with Crippen LogP contribution in [0.3, 0.4) is 0 Å². The molecule has 21 heavy (non-hydrogen) atoms. The molecule has 0 fully saturated rings. The van der Waals surface area contributed by atoms with Crippen molar-refractivity contribution in [1.29, 1.82) is 0 Å². The summed E-state index contributed by atoms with van der Waals surface area (Å²) in [5, 5.41) is 0. The van der Waals surface area contributed by atoms with E-state index < -0.39 is 0 Å². The van der Waals surface area contributed by atoms with Gasteiger partial charge in [0.05, 0.1) is 4.47 Å². The molecular weight excluding hydrogens is 332 g/mol. The number of rotatable bonds is 5. The Labute approximate surface area is 135 Å². The van der Waals surface area contributed by atoms with E-state index in [4.69, 9.17) is 15.2 Å². The lowest BCUT2D eigenvalue weighted by atomic mass is 9.99. The topological polar surface area (TPSA) is 47.7 Å². The first-order valence-corrected chi connectivity index (χ1v) is 8.26. The Morgan fingerprint density at radius 1 is 1.24 bits per heavy atom. The van der Waals surface area contributed by atoms with E-state index in [-0.39, 0.29) is 6.04 Å². The van der Waals surface area contributed by atoms with Crippen LogP contribution in [0.1, 0.15) is 32.4 Å². The summed E-state index contributed by atoms with van der Waals surface area (Å²) in [6.07, 6.45) is 0. The number of likely N-dealkylation sites (N-methyl/N-ethyl adjacent to an activating group) is 1. The van der Waals surface area contributed by atoms with Gasteiger partial charge in [0.15, 0.2) is 11.5 Å². The van der Waals surface area contributed by atoms with Gasteiger partial charge in [-0.3, -0.25) is 4.90 Å². The molecule has 0 aliphatic carbocycles. The molecule has 2 rings (SSSR count). The maximum atomic E-state index is 6.04. The molecule has 0 aromatic heterocycles. The molecule has 0 saturated carbocycles. The highest BCUT2D eigenvalue weighted by atomic mass is 79.9. The van der Waals surface area contributed by atoms with Crippen LogP contribution < -0.4 is 15.2 Å². The summed E-state index contributed by atoms with van der Waals surface area (Å²) in [4.78, 5) is 2.34. The van der Waals surface area contributed by atoms with Crippen molar-refractivity contribution < 1.29 is 9.47 Å². The molecule has 1 aliphatic heterocycles. The van der Waals surface area contributed by atoms with Gasteiger partial charge in [0.25, 0.3) is 0 Å². The highest BCUT2D eigenvalue weighted by Crippen LogP contribution is 2.40. The highest BCUT2D eigenvalue weighted by molar-refractivity contribution is 9.10. The molecule has 2 atom stereocenters. The molecular formula is C16H25BrN2O2. The van der Waals surface area contributed by atoms with Crippen LogP contribution in [0.2, 0.25) is 0 Å².